The van der Waals surface area contributed by atoms with Gasteiger partial charge in [-0.2, -0.15) is 0 Å². The fourth-order valence-electron chi connectivity index (χ4n) is 1.46. The highest BCUT2D eigenvalue weighted by molar-refractivity contribution is 5.94. The summed E-state index contributed by atoms with van der Waals surface area (Å²) < 4.78 is 38.9. The van der Waals surface area contributed by atoms with Crippen LogP contribution in [0.2, 0.25) is 0 Å². The van der Waals surface area contributed by atoms with Crippen LogP contribution in [0, 0.1) is 23.4 Å². The molecule has 0 saturated carbocycles. The van der Waals surface area contributed by atoms with E-state index in [4.69, 9.17) is 0 Å². The Morgan fingerprint density at radius 3 is 2.47 bits per heavy atom. The molecule has 1 atom stereocenters. The fourth-order valence-corrected chi connectivity index (χ4v) is 1.46. The first-order valence-corrected chi connectivity index (χ1v) is 5.94. The molecule has 1 unspecified atom stereocenters. The Kier molecular flexibility index (Phi) is 5.35. The monoisotopic (exact) mass is 275 g/mol. The first-order valence-electron chi connectivity index (χ1n) is 5.94. The predicted octanol–water partition coefficient (Wildman–Crippen LogP) is 2.24. The molecule has 0 saturated heterocycles. The maximum atomic E-state index is 13.3. The van der Waals surface area contributed by atoms with Gasteiger partial charge in [-0.3, -0.25) is 4.79 Å². The van der Waals surface area contributed by atoms with Gasteiger partial charge in [-0.25, -0.2) is 13.2 Å². The molecule has 1 aromatic carbocycles. The highest BCUT2D eigenvalue weighted by Crippen LogP contribution is 2.15. The largest absolute Gasteiger partial charge is 0.393 e. The van der Waals surface area contributed by atoms with Crippen molar-refractivity contribution in [2.24, 2.45) is 5.92 Å². The predicted molar refractivity (Wildman–Crippen MR) is 64.1 cm³/mol. The van der Waals surface area contributed by atoms with Crippen molar-refractivity contribution >= 4 is 5.91 Å². The van der Waals surface area contributed by atoms with Crippen LogP contribution in [0.4, 0.5) is 13.2 Å². The van der Waals surface area contributed by atoms with E-state index >= 15 is 0 Å². The molecule has 1 aromatic rings. The van der Waals surface area contributed by atoms with Gasteiger partial charge >= 0.3 is 0 Å². The summed E-state index contributed by atoms with van der Waals surface area (Å²) in [6.07, 6.45) is -0.288. The lowest BCUT2D eigenvalue weighted by Crippen LogP contribution is -2.29. The number of carbonyl (C=O) groups is 1. The van der Waals surface area contributed by atoms with E-state index in [1.165, 1.54) is 0 Å². The van der Waals surface area contributed by atoms with Gasteiger partial charge in [-0.1, -0.05) is 13.8 Å². The molecule has 19 heavy (non-hydrogen) atoms. The van der Waals surface area contributed by atoms with Crippen molar-refractivity contribution in [1.29, 1.82) is 0 Å². The van der Waals surface area contributed by atoms with Crippen LogP contribution in [0.5, 0.6) is 0 Å². The molecule has 0 aliphatic rings. The average Bonchev–Trinajstić information content (AvgIpc) is 2.35. The van der Waals surface area contributed by atoms with Gasteiger partial charge in [-0.05, 0) is 24.5 Å². The lowest BCUT2D eigenvalue weighted by molar-refractivity contribution is 0.0915. The fraction of sp³-hybridized carbons (Fsp3) is 0.462. The van der Waals surface area contributed by atoms with E-state index < -0.39 is 35.0 Å². The molecule has 0 heterocycles. The number of amides is 1. The minimum Gasteiger partial charge on any atom is -0.393 e. The van der Waals surface area contributed by atoms with E-state index in [2.05, 4.69) is 5.32 Å². The van der Waals surface area contributed by atoms with Crippen LogP contribution in [0.3, 0.4) is 0 Å². The number of hydrogen-bond donors (Lipinski definition) is 2. The van der Waals surface area contributed by atoms with Gasteiger partial charge in [0.25, 0.3) is 5.91 Å². The van der Waals surface area contributed by atoms with Gasteiger partial charge in [-0.15, -0.1) is 0 Å². The van der Waals surface area contributed by atoms with Gasteiger partial charge in [0.05, 0.1) is 11.7 Å². The molecule has 3 nitrogen and oxygen atoms in total. The summed E-state index contributed by atoms with van der Waals surface area (Å²) in [6.45, 7) is 3.76. The minimum atomic E-state index is -1.67. The number of benzene rings is 1. The Labute approximate surface area is 109 Å². The number of halogens is 3. The van der Waals surface area contributed by atoms with Crippen LogP contribution < -0.4 is 5.32 Å². The summed E-state index contributed by atoms with van der Waals surface area (Å²) in [4.78, 5) is 11.6. The summed E-state index contributed by atoms with van der Waals surface area (Å²) in [5.74, 6) is -5.33. The quantitative estimate of drug-likeness (QED) is 0.810. The van der Waals surface area contributed by atoms with Crippen LogP contribution in [0.25, 0.3) is 0 Å². The lowest BCUT2D eigenvalue weighted by Gasteiger charge is -2.14. The number of aliphatic hydroxyl groups excluding tert-OH is 1. The van der Waals surface area contributed by atoms with Crippen molar-refractivity contribution in [2.45, 2.75) is 26.4 Å². The summed E-state index contributed by atoms with van der Waals surface area (Å²) in [5, 5.41) is 11.9. The zero-order chi connectivity index (χ0) is 14.6. The Bertz CT molecular complexity index is 463. The molecule has 0 aromatic heterocycles. The van der Waals surface area contributed by atoms with E-state index in [0.717, 1.165) is 6.07 Å². The smallest absolute Gasteiger partial charge is 0.254 e. The Morgan fingerprint density at radius 1 is 1.26 bits per heavy atom. The number of nitrogens with one attached hydrogen (secondary N) is 1. The van der Waals surface area contributed by atoms with E-state index in [1.807, 2.05) is 13.8 Å². The molecule has 1 rings (SSSR count). The molecule has 1 amide bonds. The van der Waals surface area contributed by atoms with Crippen molar-refractivity contribution in [3.63, 3.8) is 0 Å². The second-order valence-corrected chi connectivity index (χ2v) is 4.58. The third kappa shape index (κ3) is 3.96. The Balaban J connectivity index is 2.62. The Hall–Kier alpha value is -1.56. The first kappa shape index (κ1) is 15.5. The van der Waals surface area contributed by atoms with Gasteiger partial charge in [0, 0.05) is 6.54 Å². The summed E-state index contributed by atoms with van der Waals surface area (Å²) >= 11 is 0. The van der Waals surface area contributed by atoms with Crippen molar-refractivity contribution in [2.75, 3.05) is 6.54 Å². The second kappa shape index (κ2) is 6.56. The van der Waals surface area contributed by atoms with E-state index in [0.29, 0.717) is 12.5 Å². The first-order chi connectivity index (χ1) is 8.84. The van der Waals surface area contributed by atoms with Crippen LogP contribution in [-0.4, -0.2) is 23.7 Å². The van der Waals surface area contributed by atoms with E-state index in [1.54, 1.807) is 0 Å². The summed E-state index contributed by atoms with van der Waals surface area (Å²) in [6, 6.07) is 1.57. The molecule has 0 radical (unpaired) electrons. The molecule has 6 heteroatoms. The summed E-state index contributed by atoms with van der Waals surface area (Å²) in [7, 11) is 0. The third-order valence-corrected chi connectivity index (χ3v) is 2.78. The minimum absolute atomic E-state index is 0.0388. The van der Waals surface area contributed by atoms with E-state index in [9.17, 15) is 23.1 Å². The van der Waals surface area contributed by atoms with E-state index in [-0.39, 0.29) is 12.5 Å². The molecule has 0 aliphatic heterocycles. The van der Waals surface area contributed by atoms with Gasteiger partial charge in [0.15, 0.2) is 17.5 Å². The maximum Gasteiger partial charge on any atom is 0.254 e. The second-order valence-electron chi connectivity index (χ2n) is 4.58. The number of rotatable bonds is 5. The van der Waals surface area contributed by atoms with Crippen LogP contribution >= 0.6 is 0 Å². The Morgan fingerprint density at radius 2 is 1.89 bits per heavy atom. The SMILES string of the molecule is CC(C)C(O)CCNC(=O)c1ccc(F)c(F)c1F. The van der Waals surface area contributed by atoms with Crippen molar-refractivity contribution in [1.82, 2.24) is 5.32 Å². The highest BCUT2D eigenvalue weighted by atomic mass is 19.2. The third-order valence-electron chi connectivity index (χ3n) is 2.78. The normalized spacial score (nSPS) is 12.6. The molecular formula is C13H16F3NO2. The van der Waals surface area contributed by atoms with Gasteiger partial charge in [0.2, 0.25) is 0 Å². The molecule has 0 bridgehead atoms. The van der Waals surface area contributed by atoms with Gasteiger partial charge in [0.1, 0.15) is 0 Å². The van der Waals surface area contributed by atoms with Crippen LogP contribution in [0.1, 0.15) is 30.6 Å². The zero-order valence-electron chi connectivity index (χ0n) is 10.7. The molecule has 0 fully saturated rings. The highest BCUT2D eigenvalue weighted by Gasteiger charge is 2.18. The standard InChI is InChI=1S/C13H16F3NO2/c1-7(2)10(18)5-6-17-13(19)8-3-4-9(14)12(16)11(8)15/h3-4,7,10,18H,5-6H2,1-2H3,(H,17,19). The van der Waals surface area contributed by atoms with Crippen molar-refractivity contribution in [3.05, 3.63) is 35.1 Å². The van der Waals surface area contributed by atoms with Crippen LogP contribution in [0.15, 0.2) is 12.1 Å². The zero-order valence-corrected chi connectivity index (χ0v) is 10.7. The molecule has 106 valence electrons. The van der Waals surface area contributed by atoms with Crippen LogP contribution in [-0.2, 0) is 0 Å². The van der Waals surface area contributed by atoms with Crippen molar-refractivity contribution < 1.29 is 23.1 Å². The molecule has 2 N–H and O–H groups in total. The molecular weight excluding hydrogens is 259 g/mol. The molecule has 0 spiro atoms. The topological polar surface area (TPSA) is 49.3 Å². The maximum absolute atomic E-state index is 13.3. The summed E-state index contributed by atoms with van der Waals surface area (Å²) in [5.41, 5.74) is -0.557. The van der Waals surface area contributed by atoms with Crippen molar-refractivity contribution in [3.8, 4) is 0 Å². The van der Waals surface area contributed by atoms with Gasteiger partial charge < -0.3 is 10.4 Å². The number of aliphatic hydroxyl groups is 1. The number of carbonyl (C=O) groups excluding carboxylic acids is 1. The molecule has 0 aliphatic carbocycles. The lowest BCUT2D eigenvalue weighted by atomic mass is 10.0. The average molecular weight is 275 g/mol. The number of hydrogen-bond acceptors (Lipinski definition) is 2.